The second-order valence-electron chi connectivity index (χ2n) is 5.96. The Hall–Kier alpha value is -3.22. The molecule has 0 fully saturated rings. The lowest BCUT2D eigenvalue weighted by molar-refractivity contribution is 0.440. The first-order valence-corrected chi connectivity index (χ1v) is 9.95. The van der Waals surface area contributed by atoms with E-state index in [0.717, 1.165) is 19.7 Å². The first-order valence-electron chi connectivity index (χ1n) is 8.36. The molecule has 4 rings (SSSR count). The minimum Gasteiger partial charge on any atom is -0.423 e. The second-order valence-corrected chi connectivity index (χ2v) is 7.67. The molecule has 0 saturated heterocycles. The highest BCUT2D eigenvalue weighted by Gasteiger charge is 2.12. The molecule has 0 aliphatic carbocycles. The molecule has 29 heavy (non-hydrogen) atoms. The maximum Gasteiger partial charge on any atom is 0.328 e. The highest BCUT2D eigenvalue weighted by atomic mass is 79.9. The Morgan fingerprint density at radius 2 is 1.76 bits per heavy atom. The predicted molar refractivity (Wildman–Crippen MR) is 118 cm³/mol. The smallest absolute Gasteiger partial charge is 0.328 e. The Morgan fingerprint density at radius 1 is 0.966 bits per heavy atom. The van der Waals surface area contributed by atoms with Crippen molar-refractivity contribution in [3.63, 3.8) is 0 Å². The van der Waals surface area contributed by atoms with Crippen LogP contribution in [-0.4, -0.2) is 15.0 Å². The summed E-state index contributed by atoms with van der Waals surface area (Å²) in [6.45, 7) is 0. The summed E-state index contributed by atoms with van der Waals surface area (Å²) >= 11 is 7.05. The molecule has 0 aliphatic heterocycles. The average molecular weight is 512 g/mol. The highest BCUT2D eigenvalue weighted by molar-refractivity contribution is 9.11. The SMILES string of the molecule is N#Cc1ccc(Nc2nc(N)nc(Oc3ccc4cc(Br)ccc4c3Br)n2)cc1. The normalized spacial score (nSPS) is 10.5. The lowest BCUT2D eigenvalue weighted by Crippen LogP contribution is -2.05. The number of anilines is 3. The summed E-state index contributed by atoms with van der Waals surface area (Å²) in [6.07, 6.45) is 0. The number of fused-ring (bicyclic) bond motifs is 1. The lowest BCUT2D eigenvalue weighted by atomic mass is 10.1. The van der Waals surface area contributed by atoms with Gasteiger partial charge in [0, 0.05) is 10.2 Å². The summed E-state index contributed by atoms with van der Waals surface area (Å²) in [4.78, 5) is 12.4. The molecule has 0 radical (unpaired) electrons. The molecule has 3 aromatic carbocycles. The zero-order chi connectivity index (χ0) is 20.4. The summed E-state index contributed by atoms with van der Waals surface area (Å²) in [5.74, 6) is 0.805. The minimum atomic E-state index is 0.0204. The molecular weight excluding hydrogens is 500 g/mol. The number of rotatable bonds is 4. The Labute approximate surface area is 182 Å². The number of nitrogens with one attached hydrogen (secondary N) is 1. The van der Waals surface area contributed by atoms with Crippen molar-refractivity contribution in [1.29, 1.82) is 5.26 Å². The molecular formula is C20H12Br2N6O. The molecule has 0 unspecified atom stereocenters. The molecule has 142 valence electrons. The number of ether oxygens (including phenoxy) is 1. The van der Waals surface area contributed by atoms with Crippen molar-refractivity contribution in [2.24, 2.45) is 0 Å². The number of aromatic nitrogens is 3. The predicted octanol–water partition coefficient (Wildman–Crippen LogP) is 5.54. The van der Waals surface area contributed by atoms with Gasteiger partial charge >= 0.3 is 6.01 Å². The number of nitrogen functional groups attached to an aromatic ring is 1. The van der Waals surface area contributed by atoms with Gasteiger partial charge < -0.3 is 15.8 Å². The molecule has 1 heterocycles. The van der Waals surface area contributed by atoms with Gasteiger partial charge in [0.2, 0.25) is 11.9 Å². The first kappa shape index (κ1) is 19.1. The van der Waals surface area contributed by atoms with Gasteiger partial charge in [-0.25, -0.2) is 0 Å². The number of hydrogen-bond acceptors (Lipinski definition) is 7. The Balaban J connectivity index is 1.62. The van der Waals surface area contributed by atoms with E-state index in [1.165, 1.54) is 0 Å². The number of halogens is 2. The van der Waals surface area contributed by atoms with Crippen molar-refractivity contribution in [2.75, 3.05) is 11.1 Å². The standard InChI is InChI=1S/C20H12Br2N6O/c21-13-4-7-15-12(9-13)3-8-16(17(15)22)29-20-27-18(24)26-19(28-20)25-14-5-1-11(10-23)2-6-14/h1-9H,(H3,24,25,26,27,28). The molecule has 0 atom stereocenters. The van der Waals surface area contributed by atoms with Crippen molar-refractivity contribution < 1.29 is 4.74 Å². The largest absolute Gasteiger partial charge is 0.423 e. The fourth-order valence-electron chi connectivity index (χ4n) is 2.65. The molecule has 0 aliphatic rings. The molecule has 0 spiro atoms. The van der Waals surface area contributed by atoms with Crippen molar-refractivity contribution in [3.05, 3.63) is 69.1 Å². The third-order valence-electron chi connectivity index (χ3n) is 3.98. The van der Waals surface area contributed by atoms with Gasteiger partial charge in [-0.3, -0.25) is 0 Å². The van der Waals surface area contributed by atoms with Gasteiger partial charge in [-0.2, -0.15) is 20.2 Å². The van der Waals surface area contributed by atoms with E-state index in [4.69, 9.17) is 15.7 Å². The fraction of sp³-hybridized carbons (Fsp3) is 0. The monoisotopic (exact) mass is 510 g/mol. The molecule has 0 amide bonds. The molecule has 9 heteroatoms. The van der Waals surface area contributed by atoms with Gasteiger partial charge in [0.05, 0.1) is 16.1 Å². The first-order chi connectivity index (χ1) is 14.0. The molecule has 3 N–H and O–H groups in total. The average Bonchev–Trinajstić information content (AvgIpc) is 2.70. The van der Waals surface area contributed by atoms with Gasteiger partial charge in [0.25, 0.3) is 0 Å². The van der Waals surface area contributed by atoms with Crippen LogP contribution >= 0.6 is 31.9 Å². The van der Waals surface area contributed by atoms with E-state index in [0.29, 0.717) is 17.0 Å². The number of hydrogen-bond donors (Lipinski definition) is 2. The van der Waals surface area contributed by atoms with Gasteiger partial charge in [-0.1, -0.05) is 28.1 Å². The van der Waals surface area contributed by atoms with Crippen molar-refractivity contribution >= 4 is 60.2 Å². The molecule has 4 aromatic rings. The van der Waals surface area contributed by atoms with E-state index in [-0.39, 0.29) is 17.9 Å². The summed E-state index contributed by atoms with van der Waals surface area (Å²) in [7, 11) is 0. The van der Waals surface area contributed by atoms with Gasteiger partial charge in [-0.15, -0.1) is 0 Å². The number of nitrogens with two attached hydrogens (primary N) is 1. The summed E-state index contributed by atoms with van der Waals surface area (Å²) in [6, 6.07) is 18.7. The van der Waals surface area contributed by atoms with E-state index >= 15 is 0 Å². The maximum absolute atomic E-state index is 8.89. The third-order valence-corrected chi connectivity index (χ3v) is 5.30. The van der Waals surface area contributed by atoms with Crippen LogP contribution in [-0.2, 0) is 0 Å². The molecule has 7 nitrogen and oxygen atoms in total. The van der Waals surface area contributed by atoms with Crippen LogP contribution in [0.15, 0.2) is 63.5 Å². The van der Waals surface area contributed by atoms with Gasteiger partial charge in [0.15, 0.2) is 0 Å². The number of nitrogens with zero attached hydrogens (tertiary/aromatic N) is 4. The lowest BCUT2D eigenvalue weighted by Gasteiger charge is -2.11. The summed E-state index contributed by atoms with van der Waals surface area (Å²) in [5.41, 5.74) is 7.08. The fourth-order valence-corrected chi connectivity index (χ4v) is 3.60. The highest BCUT2D eigenvalue weighted by Crippen LogP contribution is 2.36. The van der Waals surface area contributed by atoms with E-state index in [1.54, 1.807) is 24.3 Å². The Bertz CT molecular complexity index is 1250. The molecule has 0 saturated carbocycles. The van der Waals surface area contributed by atoms with E-state index < -0.39 is 0 Å². The van der Waals surface area contributed by atoms with Crippen LogP contribution in [0, 0.1) is 11.3 Å². The summed E-state index contributed by atoms with van der Waals surface area (Å²) < 4.78 is 7.63. The quantitative estimate of drug-likeness (QED) is 0.370. The van der Waals surface area contributed by atoms with E-state index in [2.05, 4.69) is 58.2 Å². The van der Waals surface area contributed by atoms with Crippen LogP contribution in [0.4, 0.5) is 17.6 Å². The van der Waals surface area contributed by atoms with Gasteiger partial charge in [0.1, 0.15) is 5.75 Å². The zero-order valence-corrected chi connectivity index (χ0v) is 17.9. The number of benzene rings is 3. The minimum absolute atomic E-state index is 0.0204. The van der Waals surface area contributed by atoms with Crippen LogP contribution in [0.3, 0.4) is 0 Å². The Morgan fingerprint density at radius 3 is 2.52 bits per heavy atom. The maximum atomic E-state index is 8.89. The third kappa shape index (κ3) is 4.29. The van der Waals surface area contributed by atoms with Crippen molar-refractivity contribution in [1.82, 2.24) is 15.0 Å². The molecule has 0 bridgehead atoms. The zero-order valence-electron chi connectivity index (χ0n) is 14.7. The van der Waals surface area contributed by atoms with E-state index in [9.17, 15) is 0 Å². The van der Waals surface area contributed by atoms with Crippen LogP contribution in [0.2, 0.25) is 0 Å². The van der Waals surface area contributed by atoms with Crippen LogP contribution in [0.25, 0.3) is 10.8 Å². The van der Waals surface area contributed by atoms with Crippen molar-refractivity contribution in [2.45, 2.75) is 0 Å². The topological polar surface area (TPSA) is 110 Å². The van der Waals surface area contributed by atoms with Crippen LogP contribution in [0.1, 0.15) is 5.56 Å². The molecule has 1 aromatic heterocycles. The van der Waals surface area contributed by atoms with Crippen molar-refractivity contribution in [3.8, 4) is 17.8 Å². The Kier molecular flexibility index (Phi) is 5.29. The second kappa shape index (κ2) is 8.03. The van der Waals surface area contributed by atoms with Gasteiger partial charge in [-0.05, 0) is 69.2 Å². The number of nitriles is 1. The summed E-state index contributed by atoms with van der Waals surface area (Å²) in [5, 5.41) is 14.0. The van der Waals surface area contributed by atoms with Crippen LogP contribution in [0.5, 0.6) is 11.8 Å². The van der Waals surface area contributed by atoms with E-state index in [1.807, 2.05) is 30.3 Å². The van der Waals surface area contributed by atoms with Crippen LogP contribution < -0.4 is 15.8 Å².